The summed E-state index contributed by atoms with van der Waals surface area (Å²) in [4.78, 5) is 15.5. The number of aromatic nitrogens is 1. The highest BCUT2D eigenvalue weighted by atomic mass is 16.1. The van der Waals surface area contributed by atoms with Crippen molar-refractivity contribution in [2.24, 2.45) is 0 Å². The van der Waals surface area contributed by atoms with Crippen molar-refractivity contribution >= 4 is 5.78 Å². The van der Waals surface area contributed by atoms with Crippen LogP contribution in [0.3, 0.4) is 0 Å². The average Bonchev–Trinajstić information content (AvgIpc) is 2.26. The van der Waals surface area contributed by atoms with E-state index in [0.717, 1.165) is 6.42 Å². The Balaban J connectivity index is 2.44. The van der Waals surface area contributed by atoms with Crippen molar-refractivity contribution in [3.63, 3.8) is 0 Å². The van der Waals surface area contributed by atoms with Crippen LogP contribution in [0.15, 0.2) is 24.5 Å². The highest BCUT2D eigenvalue weighted by molar-refractivity contribution is 5.95. The van der Waals surface area contributed by atoms with E-state index in [1.54, 1.807) is 24.5 Å². The Morgan fingerprint density at radius 1 is 1.64 bits per heavy atom. The lowest BCUT2D eigenvalue weighted by Gasteiger charge is -2.08. The fourth-order valence-electron chi connectivity index (χ4n) is 1.16. The second-order valence-corrected chi connectivity index (χ2v) is 3.39. The van der Waals surface area contributed by atoms with Crippen LogP contribution in [0.1, 0.15) is 30.1 Å². The van der Waals surface area contributed by atoms with Gasteiger partial charge in [-0.15, -0.1) is 0 Å². The first kappa shape index (κ1) is 10.9. The smallest absolute Gasteiger partial charge is 0.164 e. The summed E-state index contributed by atoms with van der Waals surface area (Å²) in [6.07, 6.45) is 4.73. The molecule has 3 nitrogen and oxygen atoms in total. The molecule has 0 aliphatic heterocycles. The quantitative estimate of drug-likeness (QED) is 0.721. The van der Waals surface area contributed by atoms with E-state index >= 15 is 0 Å². The van der Waals surface area contributed by atoms with Gasteiger partial charge in [0.2, 0.25) is 0 Å². The highest BCUT2D eigenvalue weighted by Crippen LogP contribution is 2.05. The minimum Gasteiger partial charge on any atom is -0.317 e. The molecule has 0 spiro atoms. The predicted octanol–water partition coefficient (Wildman–Crippen LogP) is 1.65. The third kappa shape index (κ3) is 3.26. The fourth-order valence-corrected chi connectivity index (χ4v) is 1.16. The number of nitrogens with one attached hydrogen (secondary N) is 1. The number of nitrogens with zero attached hydrogens (tertiary/aromatic N) is 1. The van der Waals surface area contributed by atoms with Crippen LogP contribution in [0.25, 0.3) is 0 Å². The van der Waals surface area contributed by atoms with Gasteiger partial charge in [0.15, 0.2) is 5.78 Å². The third-order valence-corrected chi connectivity index (χ3v) is 2.28. The highest BCUT2D eigenvalue weighted by Gasteiger charge is 2.07. The Morgan fingerprint density at radius 2 is 2.43 bits per heavy atom. The van der Waals surface area contributed by atoms with Crippen LogP contribution in [0.5, 0.6) is 0 Å². The van der Waals surface area contributed by atoms with Crippen molar-refractivity contribution < 1.29 is 4.79 Å². The molecule has 1 unspecified atom stereocenters. The first-order valence-corrected chi connectivity index (χ1v) is 4.84. The zero-order valence-corrected chi connectivity index (χ0v) is 8.66. The number of carbonyl (C=O) groups excluding carboxylic acids is 1. The first-order valence-electron chi connectivity index (χ1n) is 4.84. The van der Waals surface area contributed by atoms with Crippen LogP contribution in [0, 0.1) is 0 Å². The van der Waals surface area contributed by atoms with Crippen LogP contribution in [-0.2, 0) is 0 Å². The van der Waals surface area contributed by atoms with Crippen molar-refractivity contribution in [1.82, 2.24) is 10.3 Å². The molecule has 0 bridgehead atoms. The second-order valence-electron chi connectivity index (χ2n) is 3.39. The predicted molar refractivity (Wildman–Crippen MR) is 56.3 cm³/mol. The molecular formula is C11H16N2O. The molecule has 0 saturated heterocycles. The number of ketones is 1. The van der Waals surface area contributed by atoms with Crippen LogP contribution < -0.4 is 5.32 Å². The lowest BCUT2D eigenvalue weighted by atomic mass is 10.1. The summed E-state index contributed by atoms with van der Waals surface area (Å²) in [5.41, 5.74) is 0.704. The topological polar surface area (TPSA) is 42.0 Å². The summed E-state index contributed by atoms with van der Waals surface area (Å²) in [6, 6.07) is 3.98. The molecule has 1 heterocycles. The van der Waals surface area contributed by atoms with Gasteiger partial charge in [-0.2, -0.15) is 0 Å². The number of rotatable bonds is 5. The standard InChI is InChI=1S/C11H16N2O/c1-9(12-2)5-6-11(14)10-4-3-7-13-8-10/h3-4,7-9,12H,5-6H2,1-2H3. The van der Waals surface area contributed by atoms with E-state index in [9.17, 15) is 4.79 Å². The molecule has 76 valence electrons. The minimum absolute atomic E-state index is 0.167. The maximum absolute atomic E-state index is 11.6. The molecule has 3 heteroatoms. The lowest BCUT2D eigenvalue weighted by Crippen LogP contribution is -2.21. The fraction of sp³-hybridized carbons (Fsp3) is 0.455. The third-order valence-electron chi connectivity index (χ3n) is 2.28. The summed E-state index contributed by atoms with van der Waals surface area (Å²) in [6.45, 7) is 2.07. The van der Waals surface area contributed by atoms with E-state index < -0.39 is 0 Å². The molecule has 1 N–H and O–H groups in total. The number of Topliss-reactive ketones (excluding diaryl/α,β-unsaturated/α-hetero) is 1. The molecule has 14 heavy (non-hydrogen) atoms. The van der Waals surface area contributed by atoms with Gasteiger partial charge >= 0.3 is 0 Å². The number of carbonyl (C=O) groups is 1. The molecule has 0 amide bonds. The second kappa shape index (κ2) is 5.50. The van der Waals surface area contributed by atoms with Crippen molar-refractivity contribution in [2.45, 2.75) is 25.8 Å². The molecule has 0 aliphatic rings. The zero-order chi connectivity index (χ0) is 10.4. The molecule has 0 saturated carbocycles. The molecular weight excluding hydrogens is 176 g/mol. The summed E-state index contributed by atoms with van der Waals surface area (Å²) >= 11 is 0. The summed E-state index contributed by atoms with van der Waals surface area (Å²) in [5.74, 6) is 0.167. The first-order chi connectivity index (χ1) is 6.74. The monoisotopic (exact) mass is 192 g/mol. The van der Waals surface area contributed by atoms with Gasteiger partial charge in [0.25, 0.3) is 0 Å². The Bertz CT molecular complexity index is 285. The van der Waals surface area contributed by atoms with E-state index in [2.05, 4.69) is 17.2 Å². The number of hydrogen-bond donors (Lipinski definition) is 1. The average molecular weight is 192 g/mol. The minimum atomic E-state index is 0.167. The van der Waals surface area contributed by atoms with Gasteiger partial charge in [0.05, 0.1) is 0 Å². The van der Waals surface area contributed by atoms with Gasteiger partial charge < -0.3 is 5.32 Å². The van der Waals surface area contributed by atoms with Gasteiger partial charge in [0.1, 0.15) is 0 Å². The largest absolute Gasteiger partial charge is 0.317 e. The van der Waals surface area contributed by atoms with Gasteiger partial charge in [-0.1, -0.05) is 0 Å². The van der Waals surface area contributed by atoms with Crippen molar-refractivity contribution in [3.8, 4) is 0 Å². The maximum atomic E-state index is 11.6. The normalized spacial score (nSPS) is 12.4. The zero-order valence-electron chi connectivity index (χ0n) is 8.66. The molecule has 1 rings (SSSR count). The summed E-state index contributed by atoms with van der Waals surface area (Å²) in [5, 5.41) is 3.10. The van der Waals surface area contributed by atoms with E-state index in [-0.39, 0.29) is 5.78 Å². The molecule has 1 aromatic heterocycles. The van der Waals surface area contributed by atoms with Gasteiger partial charge in [0, 0.05) is 30.4 Å². The van der Waals surface area contributed by atoms with Crippen molar-refractivity contribution in [1.29, 1.82) is 0 Å². The van der Waals surface area contributed by atoms with Crippen LogP contribution >= 0.6 is 0 Å². The van der Waals surface area contributed by atoms with E-state index in [0.29, 0.717) is 18.0 Å². The molecule has 0 aromatic carbocycles. The van der Waals surface area contributed by atoms with E-state index in [1.165, 1.54) is 0 Å². The maximum Gasteiger partial charge on any atom is 0.164 e. The Kier molecular flexibility index (Phi) is 4.26. The molecule has 0 fully saturated rings. The van der Waals surface area contributed by atoms with Gasteiger partial charge in [-0.05, 0) is 32.5 Å². The Labute approximate surface area is 84.6 Å². The van der Waals surface area contributed by atoms with Crippen LogP contribution in [0.2, 0.25) is 0 Å². The molecule has 1 atom stereocenters. The van der Waals surface area contributed by atoms with E-state index in [4.69, 9.17) is 0 Å². The van der Waals surface area contributed by atoms with Crippen molar-refractivity contribution in [2.75, 3.05) is 7.05 Å². The van der Waals surface area contributed by atoms with Crippen LogP contribution in [-0.4, -0.2) is 23.9 Å². The molecule has 0 radical (unpaired) electrons. The van der Waals surface area contributed by atoms with Gasteiger partial charge in [-0.3, -0.25) is 9.78 Å². The summed E-state index contributed by atoms with van der Waals surface area (Å²) < 4.78 is 0. The lowest BCUT2D eigenvalue weighted by molar-refractivity contribution is 0.0976. The van der Waals surface area contributed by atoms with Gasteiger partial charge in [-0.25, -0.2) is 0 Å². The van der Waals surface area contributed by atoms with Crippen molar-refractivity contribution in [3.05, 3.63) is 30.1 Å². The Morgan fingerprint density at radius 3 is 3.00 bits per heavy atom. The van der Waals surface area contributed by atoms with E-state index in [1.807, 2.05) is 7.05 Å². The number of hydrogen-bond acceptors (Lipinski definition) is 3. The SMILES string of the molecule is CNC(C)CCC(=O)c1cccnc1. The summed E-state index contributed by atoms with van der Waals surface area (Å²) in [7, 11) is 1.90. The van der Waals surface area contributed by atoms with Crippen LogP contribution in [0.4, 0.5) is 0 Å². The number of pyridine rings is 1. The Hall–Kier alpha value is -1.22. The molecule has 0 aliphatic carbocycles. The molecule has 1 aromatic rings.